The number of carbonyl (C=O) groups excluding carboxylic acids is 3. The SMILES string of the molecule is CC(=O)OCC1=C(C(=O)O)N2C(=O)[C@@H](NC(=O)C(=NOC3CSC3)c3csc(N)n3)[C@H]2SC1. The van der Waals surface area contributed by atoms with Crippen molar-refractivity contribution in [1.82, 2.24) is 15.2 Å². The zero-order chi connectivity index (χ0) is 23.7. The van der Waals surface area contributed by atoms with Gasteiger partial charge in [0, 0.05) is 35.1 Å². The normalized spacial score (nSPS) is 22.8. The molecular formula is C18H19N5O7S3. The molecule has 176 valence electrons. The lowest BCUT2D eigenvalue weighted by atomic mass is 10.0. The number of carbonyl (C=O) groups is 4. The first-order valence-corrected chi connectivity index (χ1v) is 12.7. The molecule has 0 bridgehead atoms. The maximum atomic E-state index is 13.0. The van der Waals surface area contributed by atoms with Crippen LogP contribution in [0.25, 0.3) is 0 Å². The largest absolute Gasteiger partial charge is 0.477 e. The van der Waals surface area contributed by atoms with Crippen molar-refractivity contribution in [3.8, 4) is 0 Å². The van der Waals surface area contributed by atoms with Gasteiger partial charge in [0.2, 0.25) is 0 Å². The Bertz CT molecular complexity index is 1070. The first-order valence-electron chi connectivity index (χ1n) is 9.63. The fraction of sp³-hybridized carbons (Fsp3) is 0.444. The summed E-state index contributed by atoms with van der Waals surface area (Å²) < 4.78 is 4.91. The number of aliphatic carboxylic acids is 1. The van der Waals surface area contributed by atoms with Crippen molar-refractivity contribution in [2.45, 2.75) is 24.4 Å². The number of nitrogens with one attached hydrogen (secondary N) is 1. The van der Waals surface area contributed by atoms with E-state index < -0.39 is 35.2 Å². The number of aromatic nitrogens is 1. The van der Waals surface area contributed by atoms with E-state index in [2.05, 4.69) is 15.5 Å². The van der Waals surface area contributed by atoms with E-state index in [9.17, 15) is 24.3 Å². The third-order valence-corrected chi connectivity index (χ3v) is 8.09. The lowest BCUT2D eigenvalue weighted by Gasteiger charge is -2.49. The zero-order valence-corrected chi connectivity index (χ0v) is 19.6. The Morgan fingerprint density at radius 3 is 2.73 bits per heavy atom. The Balaban J connectivity index is 1.50. The van der Waals surface area contributed by atoms with Crippen molar-refractivity contribution >= 4 is 69.5 Å². The van der Waals surface area contributed by atoms with Gasteiger partial charge in [0.15, 0.2) is 10.8 Å². The van der Waals surface area contributed by atoms with Gasteiger partial charge in [-0.1, -0.05) is 5.16 Å². The summed E-state index contributed by atoms with van der Waals surface area (Å²) in [5.74, 6) is -1.41. The summed E-state index contributed by atoms with van der Waals surface area (Å²) >= 11 is 4.08. The minimum Gasteiger partial charge on any atom is -0.477 e. The number of anilines is 1. The van der Waals surface area contributed by atoms with Crippen LogP contribution in [0.15, 0.2) is 21.8 Å². The van der Waals surface area contributed by atoms with Gasteiger partial charge in [0.05, 0.1) is 0 Å². The molecule has 0 radical (unpaired) electrons. The van der Waals surface area contributed by atoms with Crippen molar-refractivity contribution in [2.75, 3.05) is 29.6 Å². The van der Waals surface area contributed by atoms with Gasteiger partial charge < -0.3 is 25.7 Å². The molecule has 0 saturated carbocycles. The van der Waals surface area contributed by atoms with Gasteiger partial charge in [0.1, 0.15) is 35.5 Å². The molecule has 1 aromatic rings. The van der Waals surface area contributed by atoms with Crippen LogP contribution in [0.4, 0.5) is 5.13 Å². The molecule has 4 rings (SSSR count). The molecule has 0 spiro atoms. The Labute approximate surface area is 199 Å². The van der Waals surface area contributed by atoms with Crippen LogP contribution in [0.1, 0.15) is 12.6 Å². The molecule has 3 aliphatic rings. The summed E-state index contributed by atoms with van der Waals surface area (Å²) in [6.45, 7) is 0.985. The van der Waals surface area contributed by atoms with Gasteiger partial charge in [0.25, 0.3) is 11.8 Å². The average molecular weight is 514 g/mol. The monoisotopic (exact) mass is 513 g/mol. The molecule has 33 heavy (non-hydrogen) atoms. The van der Waals surface area contributed by atoms with Crippen molar-refractivity contribution in [2.24, 2.45) is 5.16 Å². The van der Waals surface area contributed by atoms with Crippen LogP contribution in [0.3, 0.4) is 0 Å². The fourth-order valence-corrected chi connectivity index (χ4v) is 5.62. The number of oxime groups is 1. The van der Waals surface area contributed by atoms with E-state index >= 15 is 0 Å². The first kappa shape index (κ1) is 23.4. The van der Waals surface area contributed by atoms with E-state index in [4.69, 9.17) is 15.3 Å². The lowest BCUT2D eigenvalue weighted by molar-refractivity contribution is -0.150. The van der Waals surface area contributed by atoms with Gasteiger partial charge in [-0.2, -0.15) is 11.8 Å². The number of hydrogen-bond acceptors (Lipinski definition) is 12. The number of amides is 2. The highest BCUT2D eigenvalue weighted by molar-refractivity contribution is 8.00. The summed E-state index contributed by atoms with van der Waals surface area (Å²) in [5.41, 5.74) is 5.86. The van der Waals surface area contributed by atoms with Crippen molar-refractivity contribution < 1.29 is 33.9 Å². The maximum Gasteiger partial charge on any atom is 0.352 e. The third-order valence-electron chi connectivity index (χ3n) is 4.87. The van der Waals surface area contributed by atoms with Gasteiger partial charge >= 0.3 is 11.9 Å². The molecule has 4 heterocycles. The number of nitrogen functional groups attached to an aromatic ring is 1. The molecule has 0 aromatic carbocycles. The number of fused-ring (bicyclic) bond motifs is 1. The second kappa shape index (κ2) is 9.61. The molecule has 2 amide bonds. The van der Waals surface area contributed by atoms with E-state index in [1.165, 1.54) is 18.7 Å². The molecule has 4 N–H and O–H groups in total. The van der Waals surface area contributed by atoms with Gasteiger partial charge in [-0.15, -0.1) is 23.1 Å². The Kier molecular flexibility index (Phi) is 6.81. The second-order valence-corrected chi connectivity index (χ2v) is 10.2. The predicted octanol–water partition coefficient (Wildman–Crippen LogP) is -0.137. The van der Waals surface area contributed by atoms with Gasteiger partial charge in [-0.3, -0.25) is 19.3 Å². The lowest BCUT2D eigenvalue weighted by Crippen LogP contribution is -2.71. The van der Waals surface area contributed by atoms with E-state index in [-0.39, 0.29) is 40.7 Å². The smallest absolute Gasteiger partial charge is 0.352 e. The van der Waals surface area contributed by atoms with Gasteiger partial charge in [-0.05, 0) is 0 Å². The molecule has 2 fully saturated rings. The standard InChI is InChI=1S/C18H19N5O7S3/c1-7(24)29-2-8-3-32-16-12(15(26)23(16)13(8)17(27)28)21-14(25)11(10-6-33-18(19)20-10)22-30-9-4-31-5-9/h6,9,12,16H,2-5H2,1H3,(H2,19,20)(H,21,25)(H,27,28)/t12-,16-/m1/s1. The third kappa shape index (κ3) is 4.79. The number of hydrogen-bond donors (Lipinski definition) is 3. The molecule has 12 nitrogen and oxygen atoms in total. The van der Waals surface area contributed by atoms with Crippen LogP contribution < -0.4 is 11.1 Å². The fourth-order valence-electron chi connectivity index (χ4n) is 3.20. The van der Waals surface area contributed by atoms with Crippen LogP contribution in [-0.2, 0) is 28.8 Å². The minimum absolute atomic E-state index is 0.109. The summed E-state index contributed by atoms with van der Waals surface area (Å²) in [4.78, 5) is 59.3. The first-order chi connectivity index (χ1) is 15.8. The number of β-lactam (4-membered cyclic amide) rings is 1. The second-order valence-electron chi connectivity index (χ2n) is 7.17. The summed E-state index contributed by atoms with van der Waals surface area (Å²) in [6, 6.07) is -0.965. The summed E-state index contributed by atoms with van der Waals surface area (Å²) in [7, 11) is 0. The number of carboxylic acids is 1. The Morgan fingerprint density at radius 1 is 1.39 bits per heavy atom. The highest BCUT2D eigenvalue weighted by Gasteiger charge is 2.54. The quantitative estimate of drug-likeness (QED) is 0.183. The number of nitrogens with two attached hydrogens (primary N) is 1. The van der Waals surface area contributed by atoms with E-state index in [0.717, 1.165) is 27.7 Å². The molecule has 1 aromatic heterocycles. The van der Waals surface area contributed by atoms with Crippen LogP contribution in [0, 0.1) is 0 Å². The molecule has 2 saturated heterocycles. The number of carboxylic acid groups (broad SMARTS) is 1. The number of rotatable bonds is 8. The maximum absolute atomic E-state index is 13.0. The highest BCUT2D eigenvalue weighted by atomic mass is 32.2. The zero-order valence-electron chi connectivity index (χ0n) is 17.2. The molecule has 0 unspecified atom stereocenters. The molecule has 15 heteroatoms. The number of thiazole rings is 1. The minimum atomic E-state index is -1.31. The number of thioether (sulfide) groups is 2. The summed E-state index contributed by atoms with van der Waals surface area (Å²) in [6.07, 6.45) is -0.109. The average Bonchev–Trinajstić information content (AvgIpc) is 3.16. The number of esters is 1. The van der Waals surface area contributed by atoms with Crippen LogP contribution in [0.5, 0.6) is 0 Å². The van der Waals surface area contributed by atoms with Crippen molar-refractivity contribution in [3.05, 3.63) is 22.3 Å². The van der Waals surface area contributed by atoms with Gasteiger partial charge in [-0.25, -0.2) is 9.78 Å². The number of ether oxygens (including phenoxy) is 1. The van der Waals surface area contributed by atoms with E-state index in [1.807, 2.05) is 0 Å². The Morgan fingerprint density at radius 2 is 2.15 bits per heavy atom. The predicted molar refractivity (Wildman–Crippen MR) is 122 cm³/mol. The molecular weight excluding hydrogens is 494 g/mol. The van der Waals surface area contributed by atoms with E-state index in [0.29, 0.717) is 5.57 Å². The number of nitrogens with zero attached hydrogens (tertiary/aromatic N) is 3. The summed E-state index contributed by atoms with van der Waals surface area (Å²) in [5, 5.41) is 17.4. The Hall–Kier alpha value is -2.78. The van der Waals surface area contributed by atoms with Crippen LogP contribution in [-0.4, -0.2) is 85.8 Å². The van der Waals surface area contributed by atoms with Crippen molar-refractivity contribution in [1.29, 1.82) is 0 Å². The topological polar surface area (TPSA) is 174 Å². The molecule has 3 aliphatic heterocycles. The van der Waals surface area contributed by atoms with Crippen LogP contribution >= 0.6 is 34.9 Å². The van der Waals surface area contributed by atoms with Crippen molar-refractivity contribution in [3.63, 3.8) is 0 Å². The highest BCUT2D eigenvalue weighted by Crippen LogP contribution is 2.40. The molecule has 2 atom stereocenters. The van der Waals surface area contributed by atoms with Crippen LogP contribution in [0.2, 0.25) is 0 Å². The van der Waals surface area contributed by atoms with E-state index in [1.54, 1.807) is 17.1 Å². The molecule has 0 aliphatic carbocycles.